The second-order valence-corrected chi connectivity index (χ2v) is 4.96. The molecule has 0 aliphatic carbocycles. The van der Waals surface area contributed by atoms with Crippen molar-refractivity contribution >= 4 is 0 Å². The number of rotatable bonds is 3. The molecule has 0 N–H and O–H groups in total. The molecule has 1 aromatic heterocycles. The van der Waals surface area contributed by atoms with E-state index in [2.05, 4.69) is 62.2 Å². The van der Waals surface area contributed by atoms with E-state index in [1.807, 2.05) is 6.20 Å². The Morgan fingerprint density at radius 3 is 2.59 bits per heavy atom. The molecule has 17 heavy (non-hydrogen) atoms. The predicted molar refractivity (Wildman–Crippen MR) is 73.0 cm³/mol. The Bertz CT molecular complexity index is 500. The van der Waals surface area contributed by atoms with Crippen molar-refractivity contribution < 1.29 is 0 Å². The summed E-state index contributed by atoms with van der Waals surface area (Å²) < 4.78 is 0. The van der Waals surface area contributed by atoms with E-state index in [0.29, 0.717) is 5.92 Å². The van der Waals surface area contributed by atoms with Crippen LogP contribution >= 0.6 is 0 Å². The first-order valence-electron chi connectivity index (χ1n) is 6.18. The maximum Gasteiger partial charge on any atom is 0.0707 e. The zero-order valence-electron chi connectivity index (χ0n) is 10.8. The fraction of sp³-hybridized carbons (Fsp3) is 0.312. The van der Waals surface area contributed by atoms with Gasteiger partial charge >= 0.3 is 0 Å². The van der Waals surface area contributed by atoms with Crippen LogP contribution in [-0.2, 0) is 6.42 Å². The molecule has 0 atom stereocenters. The van der Waals surface area contributed by atoms with Crippen LogP contribution < -0.4 is 0 Å². The van der Waals surface area contributed by atoms with Gasteiger partial charge in [-0.1, -0.05) is 38.1 Å². The van der Waals surface area contributed by atoms with E-state index in [1.165, 1.54) is 16.7 Å². The van der Waals surface area contributed by atoms with Crippen LogP contribution in [0.3, 0.4) is 0 Å². The molecule has 0 saturated heterocycles. The summed E-state index contributed by atoms with van der Waals surface area (Å²) in [6.45, 7) is 6.62. The van der Waals surface area contributed by atoms with Gasteiger partial charge in [-0.15, -0.1) is 0 Å². The van der Waals surface area contributed by atoms with Crippen LogP contribution in [0.1, 0.15) is 25.0 Å². The molecule has 1 nitrogen and oxygen atoms in total. The second-order valence-electron chi connectivity index (χ2n) is 4.96. The number of nitrogens with zero attached hydrogens (tertiary/aromatic N) is 1. The van der Waals surface area contributed by atoms with Gasteiger partial charge in [0.25, 0.3) is 0 Å². The predicted octanol–water partition coefficient (Wildman–Crippen LogP) is 4.26. The van der Waals surface area contributed by atoms with E-state index in [0.717, 1.165) is 12.1 Å². The minimum Gasteiger partial charge on any atom is -0.256 e. The fourth-order valence-electron chi connectivity index (χ4n) is 2.08. The monoisotopic (exact) mass is 225 g/mol. The molecular formula is C16H19N. The summed E-state index contributed by atoms with van der Waals surface area (Å²) in [5, 5.41) is 0. The summed E-state index contributed by atoms with van der Waals surface area (Å²) in [6, 6.07) is 12.7. The third kappa shape index (κ3) is 2.94. The van der Waals surface area contributed by atoms with Crippen LogP contribution in [-0.4, -0.2) is 4.98 Å². The number of benzene rings is 1. The van der Waals surface area contributed by atoms with Crippen LogP contribution in [0.15, 0.2) is 42.6 Å². The minimum absolute atomic E-state index is 0.683. The highest BCUT2D eigenvalue weighted by Gasteiger charge is 2.04. The van der Waals surface area contributed by atoms with E-state index >= 15 is 0 Å². The maximum atomic E-state index is 4.48. The third-order valence-corrected chi connectivity index (χ3v) is 2.89. The summed E-state index contributed by atoms with van der Waals surface area (Å²) >= 11 is 0. The molecule has 1 heteroatoms. The van der Waals surface area contributed by atoms with Crippen molar-refractivity contribution in [1.82, 2.24) is 4.98 Å². The Balaban J connectivity index is 2.37. The number of aromatic nitrogens is 1. The Hall–Kier alpha value is -1.63. The van der Waals surface area contributed by atoms with Crippen molar-refractivity contribution in [3.05, 3.63) is 53.7 Å². The first kappa shape index (κ1) is 11.8. The van der Waals surface area contributed by atoms with Crippen LogP contribution in [0.25, 0.3) is 11.3 Å². The summed E-state index contributed by atoms with van der Waals surface area (Å²) in [5.74, 6) is 0.683. The molecule has 0 spiro atoms. The summed E-state index contributed by atoms with van der Waals surface area (Å²) in [7, 11) is 0. The lowest BCUT2D eigenvalue weighted by molar-refractivity contribution is 0.647. The zero-order valence-corrected chi connectivity index (χ0v) is 10.8. The molecule has 1 heterocycles. The van der Waals surface area contributed by atoms with Gasteiger partial charge in [-0.3, -0.25) is 4.98 Å². The normalized spacial score (nSPS) is 10.8. The molecule has 0 amide bonds. The zero-order chi connectivity index (χ0) is 12.3. The topological polar surface area (TPSA) is 12.9 Å². The molecule has 0 fully saturated rings. The lowest BCUT2D eigenvalue weighted by Gasteiger charge is -2.08. The minimum atomic E-state index is 0.683. The highest BCUT2D eigenvalue weighted by molar-refractivity contribution is 5.63. The number of aryl methyl sites for hydroxylation is 1. The van der Waals surface area contributed by atoms with E-state index in [1.54, 1.807) is 0 Å². The first-order chi connectivity index (χ1) is 8.16. The van der Waals surface area contributed by atoms with Gasteiger partial charge in [0.05, 0.1) is 5.69 Å². The van der Waals surface area contributed by atoms with Gasteiger partial charge in [0.2, 0.25) is 0 Å². The molecule has 0 saturated carbocycles. The van der Waals surface area contributed by atoms with E-state index in [4.69, 9.17) is 0 Å². The van der Waals surface area contributed by atoms with Crippen molar-refractivity contribution in [3.63, 3.8) is 0 Å². The van der Waals surface area contributed by atoms with E-state index < -0.39 is 0 Å². The van der Waals surface area contributed by atoms with Crippen LogP contribution in [0.4, 0.5) is 0 Å². The molecule has 88 valence electrons. The van der Waals surface area contributed by atoms with Gasteiger partial charge in [-0.05, 0) is 42.5 Å². The molecule has 0 aliphatic heterocycles. The van der Waals surface area contributed by atoms with Crippen LogP contribution in [0.2, 0.25) is 0 Å². The lowest BCUT2D eigenvalue weighted by atomic mass is 10.00. The highest BCUT2D eigenvalue weighted by Crippen LogP contribution is 2.22. The van der Waals surface area contributed by atoms with Crippen molar-refractivity contribution in [2.24, 2.45) is 5.92 Å². The van der Waals surface area contributed by atoms with Crippen LogP contribution in [0.5, 0.6) is 0 Å². The summed E-state index contributed by atoms with van der Waals surface area (Å²) in [4.78, 5) is 4.48. The Labute approximate surface area is 104 Å². The molecule has 0 unspecified atom stereocenters. The Morgan fingerprint density at radius 1 is 1.12 bits per heavy atom. The van der Waals surface area contributed by atoms with Crippen molar-refractivity contribution in [2.75, 3.05) is 0 Å². The molecular weight excluding hydrogens is 206 g/mol. The fourth-order valence-corrected chi connectivity index (χ4v) is 2.08. The van der Waals surface area contributed by atoms with Crippen LogP contribution in [0, 0.1) is 12.8 Å². The molecule has 2 aromatic rings. The summed E-state index contributed by atoms with van der Waals surface area (Å²) in [5.41, 5.74) is 4.97. The van der Waals surface area contributed by atoms with Crippen molar-refractivity contribution in [2.45, 2.75) is 27.2 Å². The lowest BCUT2D eigenvalue weighted by Crippen LogP contribution is -1.95. The standard InChI is InChI=1S/C16H19N/c1-12(2)10-14-8-9-17-16(11-14)15-7-5-4-6-13(15)3/h4-9,11-12H,10H2,1-3H3. The first-order valence-corrected chi connectivity index (χ1v) is 6.18. The molecule has 0 aliphatic rings. The molecule has 1 aromatic carbocycles. The number of hydrogen-bond donors (Lipinski definition) is 0. The van der Waals surface area contributed by atoms with E-state index in [9.17, 15) is 0 Å². The largest absolute Gasteiger partial charge is 0.256 e. The Kier molecular flexibility index (Phi) is 3.58. The molecule has 2 rings (SSSR count). The number of hydrogen-bond acceptors (Lipinski definition) is 1. The smallest absolute Gasteiger partial charge is 0.0707 e. The van der Waals surface area contributed by atoms with Gasteiger partial charge < -0.3 is 0 Å². The highest BCUT2D eigenvalue weighted by atomic mass is 14.7. The average Bonchev–Trinajstić information content (AvgIpc) is 2.29. The summed E-state index contributed by atoms with van der Waals surface area (Å²) in [6.07, 6.45) is 3.03. The quantitative estimate of drug-likeness (QED) is 0.760. The van der Waals surface area contributed by atoms with Crippen molar-refractivity contribution in [3.8, 4) is 11.3 Å². The van der Waals surface area contributed by atoms with Gasteiger partial charge in [-0.25, -0.2) is 0 Å². The van der Waals surface area contributed by atoms with Crippen molar-refractivity contribution in [1.29, 1.82) is 0 Å². The van der Waals surface area contributed by atoms with Gasteiger partial charge in [0, 0.05) is 11.8 Å². The SMILES string of the molecule is Cc1ccccc1-c1cc(CC(C)C)ccn1. The second kappa shape index (κ2) is 5.13. The van der Waals surface area contributed by atoms with Gasteiger partial charge in [-0.2, -0.15) is 0 Å². The maximum absolute atomic E-state index is 4.48. The van der Waals surface area contributed by atoms with Gasteiger partial charge in [0.15, 0.2) is 0 Å². The molecule has 0 bridgehead atoms. The number of pyridine rings is 1. The average molecular weight is 225 g/mol. The molecule has 0 radical (unpaired) electrons. The van der Waals surface area contributed by atoms with Gasteiger partial charge in [0.1, 0.15) is 0 Å². The van der Waals surface area contributed by atoms with E-state index in [-0.39, 0.29) is 0 Å². The Morgan fingerprint density at radius 2 is 1.88 bits per heavy atom. The third-order valence-electron chi connectivity index (χ3n) is 2.89.